The Kier molecular flexibility index (Phi) is 4.73. The zero-order valence-electron chi connectivity index (χ0n) is 9.73. The summed E-state index contributed by atoms with van der Waals surface area (Å²) < 4.78 is 0. The number of rotatable bonds is 5. The van der Waals surface area contributed by atoms with E-state index in [-0.39, 0.29) is 17.9 Å². The zero-order valence-corrected chi connectivity index (χ0v) is 9.73. The van der Waals surface area contributed by atoms with Crippen LogP contribution in [0, 0.1) is 5.92 Å². The van der Waals surface area contributed by atoms with Crippen molar-refractivity contribution in [3.8, 4) is 0 Å². The Morgan fingerprint density at radius 3 is 2.50 bits per heavy atom. The molecule has 2 atom stereocenters. The molecule has 3 nitrogen and oxygen atoms in total. The molecular formula is C13H18N2O. The Labute approximate surface area is 96.5 Å². The topological polar surface area (TPSA) is 41.1 Å². The van der Waals surface area contributed by atoms with Gasteiger partial charge < -0.3 is 0 Å². The van der Waals surface area contributed by atoms with Crippen LogP contribution in [0.2, 0.25) is 0 Å². The smallest absolute Gasteiger partial charge is 0.230 e. The summed E-state index contributed by atoms with van der Waals surface area (Å²) >= 11 is 0. The van der Waals surface area contributed by atoms with Crippen LogP contribution in [0.3, 0.4) is 0 Å². The van der Waals surface area contributed by atoms with Crippen LogP contribution >= 0.6 is 0 Å². The van der Waals surface area contributed by atoms with Crippen LogP contribution in [0.1, 0.15) is 25.5 Å². The molecule has 0 fully saturated rings. The number of carbonyl (C=O) groups excluding carboxylic acids is 1. The lowest BCUT2D eigenvalue weighted by atomic mass is 9.95. The average Bonchev–Trinajstić information content (AvgIpc) is 2.30. The molecule has 0 unspecified atom stereocenters. The highest BCUT2D eigenvalue weighted by Crippen LogP contribution is 2.21. The monoisotopic (exact) mass is 218 g/mol. The summed E-state index contributed by atoms with van der Waals surface area (Å²) in [5.41, 5.74) is 6.77. The van der Waals surface area contributed by atoms with Crippen molar-refractivity contribution < 1.29 is 4.79 Å². The van der Waals surface area contributed by atoms with Gasteiger partial charge in [-0.1, -0.05) is 43.3 Å². The van der Waals surface area contributed by atoms with Crippen molar-refractivity contribution >= 4 is 5.91 Å². The van der Waals surface area contributed by atoms with Gasteiger partial charge in [0.05, 0.1) is 6.04 Å². The number of hydrazine groups is 1. The fraction of sp³-hybridized carbons (Fsp3) is 0.308. The summed E-state index contributed by atoms with van der Waals surface area (Å²) in [6.07, 6.45) is 1.87. The first kappa shape index (κ1) is 12.5. The van der Waals surface area contributed by atoms with E-state index in [0.29, 0.717) is 0 Å². The Bertz CT molecular complexity index is 348. The molecule has 0 spiro atoms. The minimum absolute atomic E-state index is 0.0441. The number of benzene rings is 1. The second kappa shape index (κ2) is 6.08. The maximum absolute atomic E-state index is 10.9. The van der Waals surface area contributed by atoms with E-state index in [9.17, 15) is 4.79 Å². The fourth-order valence-corrected chi connectivity index (χ4v) is 1.49. The maximum atomic E-state index is 10.9. The molecule has 0 saturated carbocycles. The molecule has 1 aromatic rings. The molecule has 1 rings (SSSR count). The Morgan fingerprint density at radius 1 is 1.38 bits per heavy atom. The quantitative estimate of drug-likeness (QED) is 0.587. The first-order valence-corrected chi connectivity index (χ1v) is 5.34. The number of nitrogens with one attached hydrogen (secondary N) is 2. The standard InChI is InChI=1S/C13H18N2O/c1-4-10(2)13(15-14-11(3)16)12-8-6-5-7-9-12/h4-10,13,15H,1H2,2-3H3,(H,14,16)/t10-,13+/m0/s1. The molecule has 0 saturated heterocycles. The molecule has 0 aliphatic rings. The Hall–Kier alpha value is -1.61. The van der Waals surface area contributed by atoms with E-state index in [2.05, 4.69) is 24.4 Å². The van der Waals surface area contributed by atoms with Crippen molar-refractivity contribution in [2.24, 2.45) is 5.92 Å². The molecule has 0 aliphatic heterocycles. The van der Waals surface area contributed by atoms with Crippen LogP contribution < -0.4 is 10.9 Å². The highest BCUT2D eigenvalue weighted by molar-refractivity contribution is 5.72. The van der Waals surface area contributed by atoms with Crippen LogP contribution in [0.15, 0.2) is 43.0 Å². The van der Waals surface area contributed by atoms with Crippen molar-refractivity contribution in [1.82, 2.24) is 10.9 Å². The van der Waals surface area contributed by atoms with E-state index in [1.54, 1.807) is 0 Å². The van der Waals surface area contributed by atoms with Gasteiger partial charge in [0.25, 0.3) is 0 Å². The summed E-state index contributed by atoms with van der Waals surface area (Å²) in [4.78, 5) is 10.9. The SMILES string of the molecule is C=C[C@H](C)[C@@H](NNC(C)=O)c1ccccc1. The number of amides is 1. The van der Waals surface area contributed by atoms with Gasteiger partial charge in [-0.05, 0) is 11.5 Å². The number of carbonyl (C=O) groups is 1. The van der Waals surface area contributed by atoms with Crippen LogP contribution in [0.4, 0.5) is 0 Å². The van der Waals surface area contributed by atoms with Gasteiger partial charge in [-0.15, -0.1) is 6.58 Å². The van der Waals surface area contributed by atoms with Crippen molar-refractivity contribution in [1.29, 1.82) is 0 Å². The van der Waals surface area contributed by atoms with Gasteiger partial charge in [-0.2, -0.15) is 0 Å². The van der Waals surface area contributed by atoms with Crippen LogP contribution in [0.25, 0.3) is 0 Å². The van der Waals surface area contributed by atoms with Gasteiger partial charge in [0.1, 0.15) is 0 Å². The third-order valence-corrected chi connectivity index (χ3v) is 2.46. The molecule has 16 heavy (non-hydrogen) atoms. The molecule has 1 amide bonds. The Morgan fingerprint density at radius 2 is 2.00 bits per heavy atom. The lowest BCUT2D eigenvalue weighted by Gasteiger charge is -2.23. The van der Waals surface area contributed by atoms with Crippen molar-refractivity contribution in [2.75, 3.05) is 0 Å². The van der Waals surface area contributed by atoms with Crippen molar-refractivity contribution in [2.45, 2.75) is 19.9 Å². The molecule has 1 aromatic carbocycles. The zero-order chi connectivity index (χ0) is 12.0. The lowest BCUT2D eigenvalue weighted by Crippen LogP contribution is -2.40. The van der Waals surface area contributed by atoms with E-state index in [4.69, 9.17) is 0 Å². The van der Waals surface area contributed by atoms with Crippen molar-refractivity contribution in [3.05, 3.63) is 48.6 Å². The largest absolute Gasteiger partial charge is 0.291 e. The molecule has 0 aromatic heterocycles. The summed E-state index contributed by atoms with van der Waals surface area (Å²) in [7, 11) is 0. The van der Waals surface area contributed by atoms with Gasteiger partial charge in [0.15, 0.2) is 0 Å². The molecule has 0 heterocycles. The molecule has 3 heteroatoms. The van der Waals surface area contributed by atoms with E-state index < -0.39 is 0 Å². The van der Waals surface area contributed by atoms with Crippen LogP contribution in [-0.2, 0) is 4.79 Å². The first-order valence-electron chi connectivity index (χ1n) is 5.34. The molecule has 0 radical (unpaired) electrons. The van der Waals surface area contributed by atoms with Crippen LogP contribution in [0.5, 0.6) is 0 Å². The van der Waals surface area contributed by atoms with E-state index in [0.717, 1.165) is 5.56 Å². The predicted octanol–water partition coefficient (Wildman–Crippen LogP) is 2.19. The highest BCUT2D eigenvalue weighted by atomic mass is 16.2. The third kappa shape index (κ3) is 3.51. The van der Waals surface area contributed by atoms with Gasteiger partial charge in [0.2, 0.25) is 5.91 Å². The van der Waals surface area contributed by atoms with Crippen LogP contribution in [-0.4, -0.2) is 5.91 Å². The van der Waals surface area contributed by atoms with Gasteiger partial charge >= 0.3 is 0 Å². The predicted molar refractivity (Wildman–Crippen MR) is 65.5 cm³/mol. The van der Waals surface area contributed by atoms with Gasteiger partial charge in [0, 0.05) is 6.92 Å². The number of hydrogen-bond acceptors (Lipinski definition) is 2. The molecule has 2 N–H and O–H groups in total. The summed E-state index contributed by atoms with van der Waals surface area (Å²) in [5, 5.41) is 0. The summed E-state index contributed by atoms with van der Waals surface area (Å²) in [6, 6.07) is 10.0. The van der Waals surface area contributed by atoms with Crippen molar-refractivity contribution in [3.63, 3.8) is 0 Å². The molecule has 0 aliphatic carbocycles. The summed E-state index contributed by atoms with van der Waals surface area (Å²) in [5.74, 6) is 0.131. The third-order valence-electron chi connectivity index (χ3n) is 2.46. The molecular weight excluding hydrogens is 200 g/mol. The molecule has 0 bridgehead atoms. The average molecular weight is 218 g/mol. The first-order chi connectivity index (χ1) is 7.65. The highest BCUT2D eigenvalue weighted by Gasteiger charge is 2.16. The fourth-order valence-electron chi connectivity index (χ4n) is 1.49. The molecule has 86 valence electrons. The normalized spacial score (nSPS) is 13.9. The number of hydrogen-bond donors (Lipinski definition) is 2. The second-order valence-corrected chi connectivity index (χ2v) is 3.81. The Balaban J connectivity index is 2.79. The minimum atomic E-state index is -0.0998. The van der Waals surface area contributed by atoms with Gasteiger partial charge in [-0.25, -0.2) is 5.43 Å². The van der Waals surface area contributed by atoms with E-state index >= 15 is 0 Å². The van der Waals surface area contributed by atoms with E-state index in [1.165, 1.54) is 6.92 Å². The van der Waals surface area contributed by atoms with E-state index in [1.807, 2.05) is 36.4 Å². The minimum Gasteiger partial charge on any atom is -0.291 e. The maximum Gasteiger partial charge on any atom is 0.230 e. The summed E-state index contributed by atoms with van der Waals surface area (Å²) in [6.45, 7) is 7.32. The second-order valence-electron chi connectivity index (χ2n) is 3.81. The van der Waals surface area contributed by atoms with Gasteiger partial charge in [-0.3, -0.25) is 10.2 Å². The lowest BCUT2D eigenvalue weighted by molar-refractivity contribution is -0.120.